The van der Waals surface area contributed by atoms with Crippen LogP contribution < -0.4 is 20.3 Å². The molecule has 0 aliphatic carbocycles. The van der Waals surface area contributed by atoms with Gasteiger partial charge in [0.2, 0.25) is 0 Å². The Labute approximate surface area is 202 Å². The van der Waals surface area contributed by atoms with Crippen LogP contribution in [-0.2, 0) is 0 Å². The number of halogens is 1. The molecule has 0 bridgehead atoms. The summed E-state index contributed by atoms with van der Waals surface area (Å²) >= 11 is 2.09. The molecular weight excluding hydrogens is 543 g/mol. The van der Waals surface area contributed by atoms with Gasteiger partial charge in [0, 0.05) is 47.9 Å². The molecule has 0 unspecified atom stereocenters. The van der Waals surface area contributed by atoms with Gasteiger partial charge < -0.3 is 15.0 Å². The second-order valence-electron chi connectivity index (χ2n) is 7.03. The van der Waals surface area contributed by atoms with Gasteiger partial charge in [-0.05, 0) is 59.3 Å². The zero-order valence-corrected chi connectivity index (χ0v) is 20.0. The highest BCUT2D eigenvalue weighted by Gasteiger charge is 2.19. The van der Waals surface area contributed by atoms with Crippen molar-refractivity contribution in [3.05, 3.63) is 73.6 Å². The van der Waals surface area contributed by atoms with Crippen LogP contribution >= 0.6 is 22.6 Å². The Bertz CT molecular complexity index is 1220. The first kappa shape index (κ1) is 23.8. The number of nitrogens with one attached hydrogen (secondary N) is 2. The number of benzene rings is 2. The van der Waals surface area contributed by atoms with E-state index in [1.807, 2.05) is 0 Å². The van der Waals surface area contributed by atoms with Crippen molar-refractivity contribution in [1.29, 1.82) is 0 Å². The third-order valence-corrected chi connectivity index (χ3v) is 4.93. The Hall–Kier alpha value is -3.81. The number of nitro benzene ring substituents is 1. The first-order valence-corrected chi connectivity index (χ1v) is 10.6. The SMILES string of the molecule is Cc1cc(NC(=O)NC(=O)c2ccc([N+](=O)[O-])cc2N(C)C)ccc1Oc1ncc(I)cn1. The molecule has 0 saturated carbocycles. The molecule has 0 aliphatic heterocycles. The van der Waals surface area contributed by atoms with Crippen LogP contribution in [0.15, 0.2) is 48.8 Å². The molecule has 1 heterocycles. The molecule has 170 valence electrons. The van der Waals surface area contributed by atoms with E-state index < -0.39 is 16.9 Å². The summed E-state index contributed by atoms with van der Waals surface area (Å²) in [5.41, 5.74) is 1.42. The molecule has 33 heavy (non-hydrogen) atoms. The van der Waals surface area contributed by atoms with Crippen LogP contribution in [-0.4, -0.2) is 40.9 Å². The number of anilines is 2. The highest BCUT2D eigenvalue weighted by atomic mass is 127. The number of aryl methyl sites for hydroxylation is 1. The number of imide groups is 1. The topological polar surface area (TPSA) is 140 Å². The van der Waals surface area contributed by atoms with Crippen molar-refractivity contribution < 1.29 is 19.2 Å². The predicted octanol–water partition coefficient (Wildman–Crippen LogP) is 4.12. The zero-order chi connectivity index (χ0) is 24.1. The van der Waals surface area contributed by atoms with E-state index >= 15 is 0 Å². The van der Waals surface area contributed by atoms with Crippen molar-refractivity contribution in [2.75, 3.05) is 24.3 Å². The molecule has 0 saturated heterocycles. The Kier molecular flexibility index (Phi) is 7.37. The lowest BCUT2D eigenvalue weighted by Gasteiger charge is -2.17. The number of amides is 3. The van der Waals surface area contributed by atoms with Gasteiger partial charge in [-0.25, -0.2) is 14.8 Å². The highest BCUT2D eigenvalue weighted by Crippen LogP contribution is 2.26. The minimum absolute atomic E-state index is 0.123. The number of non-ortho nitro benzene ring substituents is 1. The van der Waals surface area contributed by atoms with E-state index in [4.69, 9.17) is 4.74 Å². The van der Waals surface area contributed by atoms with Gasteiger partial charge >= 0.3 is 12.0 Å². The van der Waals surface area contributed by atoms with Crippen LogP contribution in [0.25, 0.3) is 0 Å². The van der Waals surface area contributed by atoms with Gasteiger partial charge in [0.05, 0.1) is 16.2 Å². The maximum Gasteiger partial charge on any atom is 0.326 e. The Morgan fingerprint density at radius 3 is 2.42 bits per heavy atom. The molecule has 3 amide bonds. The minimum Gasteiger partial charge on any atom is -0.424 e. The molecule has 0 atom stereocenters. The van der Waals surface area contributed by atoms with Crippen molar-refractivity contribution in [3.8, 4) is 11.8 Å². The number of nitrogens with zero attached hydrogens (tertiary/aromatic N) is 4. The third-order valence-electron chi connectivity index (χ3n) is 4.38. The number of nitro groups is 1. The van der Waals surface area contributed by atoms with Crippen molar-refractivity contribution in [3.63, 3.8) is 0 Å². The van der Waals surface area contributed by atoms with Crippen LogP contribution in [0.5, 0.6) is 11.8 Å². The van der Waals surface area contributed by atoms with E-state index in [2.05, 4.69) is 43.2 Å². The number of carbonyl (C=O) groups excluding carboxylic acids is 2. The van der Waals surface area contributed by atoms with E-state index in [0.717, 1.165) is 3.57 Å². The smallest absolute Gasteiger partial charge is 0.326 e. The fraction of sp³-hybridized carbons (Fsp3) is 0.143. The lowest BCUT2D eigenvalue weighted by Crippen LogP contribution is -2.35. The number of hydrogen-bond acceptors (Lipinski definition) is 8. The lowest BCUT2D eigenvalue weighted by molar-refractivity contribution is -0.384. The summed E-state index contributed by atoms with van der Waals surface area (Å²) in [6.07, 6.45) is 3.25. The van der Waals surface area contributed by atoms with Gasteiger partial charge in [-0.3, -0.25) is 20.2 Å². The average molecular weight is 562 g/mol. The van der Waals surface area contributed by atoms with Gasteiger partial charge in [0.25, 0.3) is 11.6 Å². The molecule has 3 rings (SSSR count). The molecule has 11 nitrogen and oxygen atoms in total. The monoisotopic (exact) mass is 562 g/mol. The number of urea groups is 1. The van der Waals surface area contributed by atoms with E-state index in [0.29, 0.717) is 22.7 Å². The van der Waals surface area contributed by atoms with E-state index in [9.17, 15) is 19.7 Å². The van der Waals surface area contributed by atoms with Crippen molar-refractivity contribution in [2.24, 2.45) is 0 Å². The summed E-state index contributed by atoms with van der Waals surface area (Å²) in [6.45, 7) is 1.79. The Morgan fingerprint density at radius 2 is 1.82 bits per heavy atom. The maximum absolute atomic E-state index is 12.6. The van der Waals surface area contributed by atoms with Gasteiger partial charge in [0.1, 0.15) is 5.75 Å². The first-order valence-electron chi connectivity index (χ1n) is 9.48. The second kappa shape index (κ2) is 10.2. The van der Waals surface area contributed by atoms with Crippen molar-refractivity contribution in [2.45, 2.75) is 6.92 Å². The zero-order valence-electron chi connectivity index (χ0n) is 17.8. The summed E-state index contributed by atoms with van der Waals surface area (Å²) < 4.78 is 6.53. The quantitative estimate of drug-likeness (QED) is 0.260. The van der Waals surface area contributed by atoms with E-state index in [1.54, 1.807) is 56.5 Å². The van der Waals surface area contributed by atoms with Crippen LogP contribution in [0.3, 0.4) is 0 Å². The normalized spacial score (nSPS) is 10.3. The summed E-state index contributed by atoms with van der Waals surface area (Å²) in [6, 6.07) is 8.15. The number of carbonyl (C=O) groups is 2. The largest absolute Gasteiger partial charge is 0.424 e. The molecule has 1 aromatic heterocycles. The molecule has 0 spiro atoms. The van der Waals surface area contributed by atoms with Crippen LogP contribution in [0.4, 0.5) is 21.9 Å². The number of ether oxygens (including phenoxy) is 1. The standard InChI is InChI=1S/C21H19IN6O5/c1-12-8-14(4-7-18(12)33-21-23-10-13(22)11-24-21)25-20(30)26-19(29)16-6-5-15(28(31)32)9-17(16)27(2)3/h4-11H,1-3H3,(H2,25,26,29,30). The lowest BCUT2D eigenvalue weighted by atomic mass is 10.1. The number of hydrogen-bond donors (Lipinski definition) is 2. The van der Waals surface area contributed by atoms with Crippen molar-refractivity contribution >= 4 is 51.6 Å². The van der Waals surface area contributed by atoms with E-state index in [1.165, 1.54) is 18.2 Å². The van der Waals surface area contributed by atoms with Crippen LogP contribution in [0.1, 0.15) is 15.9 Å². The molecule has 2 aromatic carbocycles. The maximum atomic E-state index is 12.6. The molecule has 12 heteroatoms. The highest BCUT2D eigenvalue weighted by molar-refractivity contribution is 14.1. The fourth-order valence-electron chi connectivity index (χ4n) is 2.82. The Morgan fingerprint density at radius 1 is 1.12 bits per heavy atom. The van der Waals surface area contributed by atoms with Crippen LogP contribution in [0, 0.1) is 20.6 Å². The number of rotatable bonds is 6. The van der Waals surface area contributed by atoms with Gasteiger partial charge in [-0.15, -0.1) is 0 Å². The summed E-state index contributed by atoms with van der Waals surface area (Å²) in [5, 5.41) is 15.8. The molecular formula is C21H19IN6O5. The summed E-state index contributed by atoms with van der Waals surface area (Å²) in [7, 11) is 3.28. The van der Waals surface area contributed by atoms with Gasteiger partial charge in [-0.2, -0.15) is 0 Å². The Balaban J connectivity index is 1.68. The van der Waals surface area contributed by atoms with E-state index in [-0.39, 0.29) is 17.3 Å². The number of aromatic nitrogens is 2. The average Bonchev–Trinajstić information content (AvgIpc) is 2.76. The summed E-state index contributed by atoms with van der Waals surface area (Å²) in [4.78, 5) is 45.1. The molecule has 3 aromatic rings. The van der Waals surface area contributed by atoms with Gasteiger partial charge in [0.15, 0.2) is 0 Å². The molecule has 0 fully saturated rings. The summed E-state index contributed by atoms with van der Waals surface area (Å²) in [5.74, 6) is -0.182. The predicted molar refractivity (Wildman–Crippen MR) is 130 cm³/mol. The second-order valence-corrected chi connectivity index (χ2v) is 8.27. The third kappa shape index (κ3) is 6.12. The fourth-order valence-corrected chi connectivity index (χ4v) is 3.10. The molecule has 0 radical (unpaired) electrons. The minimum atomic E-state index is -0.753. The van der Waals surface area contributed by atoms with Crippen LogP contribution in [0.2, 0.25) is 0 Å². The molecule has 2 N–H and O–H groups in total. The first-order chi connectivity index (χ1) is 15.6. The van der Waals surface area contributed by atoms with Crippen molar-refractivity contribution in [1.82, 2.24) is 15.3 Å². The van der Waals surface area contributed by atoms with Gasteiger partial charge in [-0.1, -0.05) is 0 Å². The molecule has 0 aliphatic rings.